The van der Waals surface area contributed by atoms with Crippen LogP contribution in [0.4, 0.5) is 0 Å². The smallest absolute Gasteiger partial charge is 0.217 e. The Bertz CT molecular complexity index is 664. The highest BCUT2D eigenvalue weighted by atomic mass is 16.1. The Morgan fingerprint density at radius 3 is 2.91 bits per heavy atom. The average Bonchev–Trinajstić information content (AvgIpc) is 3.16. The summed E-state index contributed by atoms with van der Waals surface area (Å²) in [7, 11) is 2.03. The molecule has 1 N–H and O–H groups in total. The van der Waals surface area contributed by atoms with Crippen LogP contribution in [0.3, 0.4) is 0 Å². The standard InChI is InChI=1S/C17H23N5O/c1-13(23)19-10-14-5-6-15(20-11-14)16-4-3-8-22(16)12-17-18-7-9-21(17)2/h5-7,9,11,16H,3-4,8,10,12H2,1-2H3,(H,19,23)/t16-/m0/s1. The van der Waals surface area contributed by atoms with Crippen molar-refractivity contribution in [2.45, 2.75) is 38.9 Å². The van der Waals surface area contributed by atoms with Crippen molar-refractivity contribution < 1.29 is 4.79 Å². The third-order valence-electron chi connectivity index (χ3n) is 4.36. The molecule has 23 heavy (non-hydrogen) atoms. The van der Waals surface area contributed by atoms with Crippen LogP contribution in [0, 0.1) is 0 Å². The normalized spacial score (nSPS) is 18.3. The van der Waals surface area contributed by atoms with Gasteiger partial charge in [-0.2, -0.15) is 0 Å². The van der Waals surface area contributed by atoms with Crippen LogP contribution in [0.1, 0.15) is 42.9 Å². The molecule has 0 radical (unpaired) electrons. The molecule has 3 heterocycles. The first-order valence-electron chi connectivity index (χ1n) is 8.03. The molecular weight excluding hydrogens is 290 g/mol. The number of amides is 1. The third kappa shape index (κ3) is 3.76. The number of nitrogens with zero attached hydrogens (tertiary/aromatic N) is 4. The van der Waals surface area contributed by atoms with Gasteiger partial charge in [-0.1, -0.05) is 6.07 Å². The zero-order valence-electron chi connectivity index (χ0n) is 13.7. The van der Waals surface area contributed by atoms with Crippen LogP contribution in [0.5, 0.6) is 0 Å². The van der Waals surface area contributed by atoms with Crippen LogP contribution in [-0.2, 0) is 24.9 Å². The molecule has 1 atom stereocenters. The van der Waals surface area contributed by atoms with E-state index in [1.165, 1.54) is 13.3 Å². The zero-order chi connectivity index (χ0) is 16.2. The molecule has 0 spiro atoms. The second kappa shape index (κ2) is 6.91. The van der Waals surface area contributed by atoms with Gasteiger partial charge in [0, 0.05) is 39.1 Å². The monoisotopic (exact) mass is 313 g/mol. The van der Waals surface area contributed by atoms with E-state index in [9.17, 15) is 4.79 Å². The van der Waals surface area contributed by atoms with Crippen molar-refractivity contribution in [2.75, 3.05) is 6.54 Å². The van der Waals surface area contributed by atoms with E-state index < -0.39 is 0 Å². The third-order valence-corrected chi connectivity index (χ3v) is 4.36. The Morgan fingerprint density at radius 1 is 1.39 bits per heavy atom. The van der Waals surface area contributed by atoms with Crippen molar-refractivity contribution in [1.82, 2.24) is 24.8 Å². The lowest BCUT2D eigenvalue weighted by Crippen LogP contribution is -2.25. The SMILES string of the molecule is CC(=O)NCc1ccc([C@@H]2CCCN2Cc2nccn2C)nc1. The summed E-state index contributed by atoms with van der Waals surface area (Å²) < 4.78 is 2.07. The van der Waals surface area contributed by atoms with Crippen LogP contribution in [0.2, 0.25) is 0 Å². The second-order valence-electron chi connectivity index (χ2n) is 6.08. The van der Waals surface area contributed by atoms with E-state index in [-0.39, 0.29) is 5.91 Å². The molecule has 0 saturated carbocycles. The maximum absolute atomic E-state index is 11.0. The molecule has 6 nitrogen and oxygen atoms in total. The Kier molecular flexibility index (Phi) is 4.71. The van der Waals surface area contributed by atoms with Crippen molar-refractivity contribution in [3.05, 3.63) is 47.8 Å². The number of nitrogens with one attached hydrogen (secondary N) is 1. The number of hydrogen-bond donors (Lipinski definition) is 1. The van der Waals surface area contributed by atoms with Crippen molar-refractivity contribution in [1.29, 1.82) is 0 Å². The first-order valence-corrected chi connectivity index (χ1v) is 8.03. The van der Waals surface area contributed by atoms with Crippen molar-refractivity contribution in [3.63, 3.8) is 0 Å². The van der Waals surface area contributed by atoms with Crippen LogP contribution in [0.25, 0.3) is 0 Å². The highest BCUT2D eigenvalue weighted by molar-refractivity contribution is 5.72. The number of pyridine rings is 1. The molecule has 0 bridgehead atoms. The second-order valence-corrected chi connectivity index (χ2v) is 6.08. The number of rotatable bonds is 5. The van der Waals surface area contributed by atoms with Gasteiger partial charge in [0.05, 0.1) is 18.3 Å². The fourth-order valence-corrected chi connectivity index (χ4v) is 3.04. The fourth-order valence-electron chi connectivity index (χ4n) is 3.04. The van der Waals surface area contributed by atoms with Crippen molar-refractivity contribution >= 4 is 5.91 Å². The molecule has 2 aromatic rings. The number of hydrogen-bond acceptors (Lipinski definition) is 4. The lowest BCUT2D eigenvalue weighted by atomic mass is 10.1. The topological polar surface area (TPSA) is 63.1 Å². The minimum atomic E-state index is -0.0221. The van der Waals surface area contributed by atoms with Crippen LogP contribution in [0.15, 0.2) is 30.7 Å². The van der Waals surface area contributed by atoms with E-state index in [0.29, 0.717) is 12.6 Å². The first kappa shape index (κ1) is 15.7. The van der Waals surface area contributed by atoms with Gasteiger partial charge in [0.25, 0.3) is 0 Å². The van der Waals surface area contributed by atoms with E-state index in [1.54, 1.807) is 0 Å². The number of likely N-dealkylation sites (tertiary alicyclic amines) is 1. The van der Waals surface area contributed by atoms with Crippen LogP contribution >= 0.6 is 0 Å². The molecule has 2 aromatic heterocycles. The molecule has 1 fully saturated rings. The molecule has 1 aliphatic heterocycles. The molecule has 6 heteroatoms. The quantitative estimate of drug-likeness (QED) is 0.914. The molecule has 1 amide bonds. The molecular formula is C17H23N5O. The minimum absolute atomic E-state index is 0.0221. The summed E-state index contributed by atoms with van der Waals surface area (Å²) in [5.74, 6) is 1.06. The summed E-state index contributed by atoms with van der Waals surface area (Å²) in [5, 5.41) is 2.80. The van der Waals surface area contributed by atoms with Gasteiger partial charge >= 0.3 is 0 Å². The number of aromatic nitrogens is 3. The Morgan fingerprint density at radius 2 is 2.26 bits per heavy atom. The average molecular weight is 313 g/mol. The van der Waals surface area contributed by atoms with Gasteiger partial charge in [0.2, 0.25) is 5.91 Å². The molecule has 1 saturated heterocycles. The summed E-state index contributed by atoms with van der Waals surface area (Å²) in [6, 6.07) is 4.48. The van der Waals surface area contributed by atoms with Gasteiger partial charge in [-0.25, -0.2) is 4.98 Å². The van der Waals surface area contributed by atoms with Crippen LogP contribution < -0.4 is 5.32 Å². The minimum Gasteiger partial charge on any atom is -0.352 e. The molecule has 0 unspecified atom stereocenters. The van der Waals surface area contributed by atoms with Gasteiger partial charge in [0.1, 0.15) is 5.82 Å². The largest absolute Gasteiger partial charge is 0.352 e. The van der Waals surface area contributed by atoms with Gasteiger partial charge in [-0.15, -0.1) is 0 Å². The zero-order valence-corrected chi connectivity index (χ0v) is 13.7. The molecule has 0 aromatic carbocycles. The molecule has 122 valence electrons. The molecule has 1 aliphatic rings. The summed E-state index contributed by atoms with van der Waals surface area (Å²) in [5.41, 5.74) is 2.13. The Balaban J connectivity index is 1.67. The van der Waals surface area contributed by atoms with Crippen molar-refractivity contribution in [2.24, 2.45) is 7.05 Å². The number of imidazole rings is 1. The Hall–Kier alpha value is -2.21. The number of aryl methyl sites for hydroxylation is 1. The predicted octanol–water partition coefficient (Wildman–Crippen LogP) is 1.79. The van der Waals surface area contributed by atoms with Gasteiger partial charge in [-0.3, -0.25) is 14.7 Å². The van der Waals surface area contributed by atoms with E-state index in [0.717, 1.165) is 36.6 Å². The van der Waals surface area contributed by atoms with E-state index in [2.05, 4.69) is 36.9 Å². The summed E-state index contributed by atoms with van der Waals surface area (Å²) in [6.45, 7) is 3.98. The predicted molar refractivity (Wildman–Crippen MR) is 87.4 cm³/mol. The summed E-state index contributed by atoms with van der Waals surface area (Å²) in [4.78, 5) is 22.5. The number of carbonyl (C=O) groups excluding carboxylic acids is 1. The summed E-state index contributed by atoms with van der Waals surface area (Å²) >= 11 is 0. The molecule has 3 rings (SSSR count). The van der Waals surface area contributed by atoms with E-state index >= 15 is 0 Å². The molecule has 0 aliphatic carbocycles. The highest BCUT2D eigenvalue weighted by Crippen LogP contribution is 2.31. The van der Waals surface area contributed by atoms with Gasteiger partial charge in [0.15, 0.2) is 0 Å². The summed E-state index contributed by atoms with van der Waals surface area (Å²) in [6.07, 6.45) is 8.00. The lowest BCUT2D eigenvalue weighted by Gasteiger charge is -2.23. The number of carbonyl (C=O) groups is 1. The van der Waals surface area contributed by atoms with Crippen LogP contribution in [-0.4, -0.2) is 31.9 Å². The maximum atomic E-state index is 11.0. The Labute approximate surface area is 136 Å². The maximum Gasteiger partial charge on any atom is 0.217 e. The van der Waals surface area contributed by atoms with Gasteiger partial charge < -0.3 is 9.88 Å². The van der Waals surface area contributed by atoms with E-state index in [1.807, 2.05) is 25.6 Å². The van der Waals surface area contributed by atoms with Gasteiger partial charge in [-0.05, 0) is 31.0 Å². The lowest BCUT2D eigenvalue weighted by molar-refractivity contribution is -0.119. The first-order chi connectivity index (χ1) is 11.1. The van der Waals surface area contributed by atoms with Crippen molar-refractivity contribution in [3.8, 4) is 0 Å². The fraction of sp³-hybridized carbons (Fsp3) is 0.471. The van der Waals surface area contributed by atoms with E-state index in [4.69, 9.17) is 0 Å². The highest BCUT2D eigenvalue weighted by Gasteiger charge is 2.27.